The Bertz CT molecular complexity index is 407. The van der Waals surface area contributed by atoms with Gasteiger partial charge in [-0.15, -0.1) is 0 Å². The average molecular weight is 356 g/mol. The molecule has 0 spiro atoms. The topological polar surface area (TPSA) is 190 Å². The maximum Gasteiger partial charge on any atom is 0.187 e. The monoisotopic (exact) mass is 356 g/mol. The van der Waals surface area contributed by atoms with E-state index < -0.39 is 73.9 Å². The third kappa shape index (κ3) is 3.43. The van der Waals surface area contributed by atoms with E-state index in [2.05, 4.69) is 0 Å². The van der Waals surface area contributed by atoms with Crippen LogP contribution in [0.25, 0.3) is 0 Å². The SMILES string of the molecule is COC1C(O)C(O)C(O)C(O)C1OC1OC(CO)C(O)C(O)C1O. The van der Waals surface area contributed by atoms with E-state index in [1.54, 1.807) is 0 Å². The molecule has 0 amide bonds. The van der Waals surface area contributed by atoms with Crippen LogP contribution in [0.5, 0.6) is 0 Å². The van der Waals surface area contributed by atoms with Crippen molar-refractivity contribution in [3.05, 3.63) is 0 Å². The van der Waals surface area contributed by atoms with Gasteiger partial charge in [0.2, 0.25) is 0 Å². The average Bonchev–Trinajstić information content (AvgIpc) is 2.58. The molecule has 0 aromatic carbocycles. The predicted molar refractivity (Wildman–Crippen MR) is 73.5 cm³/mol. The molecular weight excluding hydrogens is 332 g/mol. The molecule has 11 unspecified atom stereocenters. The van der Waals surface area contributed by atoms with Crippen LogP contribution in [-0.4, -0.2) is 122 Å². The lowest BCUT2D eigenvalue weighted by Crippen LogP contribution is -2.67. The molecule has 11 heteroatoms. The van der Waals surface area contributed by atoms with Crippen molar-refractivity contribution in [2.24, 2.45) is 0 Å². The summed E-state index contributed by atoms with van der Waals surface area (Å²) in [7, 11) is 1.18. The van der Waals surface area contributed by atoms with E-state index in [1.807, 2.05) is 0 Å². The van der Waals surface area contributed by atoms with Crippen LogP contribution in [0.4, 0.5) is 0 Å². The van der Waals surface area contributed by atoms with Crippen molar-refractivity contribution in [2.75, 3.05) is 13.7 Å². The zero-order chi connectivity index (χ0) is 18.2. The lowest BCUT2D eigenvalue weighted by atomic mass is 9.84. The highest BCUT2D eigenvalue weighted by atomic mass is 16.7. The Morgan fingerprint density at radius 3 is 1.71 bits per heavy atom. The van der Waals surface area contributed by atoms with Crippen molar-refractivity contribution >= 4 is 0 Å². The number of ether oxygens (including phenoxy) is 3. The molecule has 0 radical (unpaired) electrons. The van der Waals surface area contributed by atoms with Crippen LogP contribution in [0.3, 0.4) is 0 Å². The fourth-order valence-electron chi connectivity index (χ4n) is 2.95. The summed E-state index contributed by atoms with van der Waals surface area (Å²) in [5.41, 5.74) is 0. The highest BCUT2D eigenvalue weighted by molar-refractivity contribution is 5.01. The van der Waals surface area contributed by atoms with Crippen LogP contribution >= 0.6 is 0 Å². The van der Waals surface area contributed by atoms with E-state index in [0.29, 0.717) is 0 Å². The minimum absolute atomic E-state index is 0.671. The molecule has 1 saturated heterocycles. The summed E-state index contributed by atoms with van der Waals surface area (Å²) in [6.45, 7) is -0.671. The molecule has 2 rings (SSSR count). The van der Waals surface area contributed by atoms with Crippen molar-refractivity contribution in [1.82, 2.24) is 0 Å². The summed E-state index contributed by atoms with van der Waals surface area (Å²) >= 11 is 0. The van der Waals surface area contributed by atoms with E-state index in [0.717, 1.165) is 0 Å². The highest BCUT2D eigenvalue weighted by Gasteiger charge is 2.53. The third-order valence-electron chi connectivity index (χ3n) is 4.46. The van der Waals surface area contributed by atoms with Crippen molar-refractivity contribution in [3.8, 4) is 0 Å². The molecule has 8 N–H and O–H groups in total. The summed E-state index contributed by atoms with van der Waals surface area (Å²) in [6.07, 6.45) is -17.2. The molecule has 11 nitrogen and oxygen atoms in total. The maximum atomic E-state index is 10.1. The van der Waals surface area contributed by atoms with Gasteiger partial charge in [-0.2, -0.15) is 0 Å². The first kappa shape index (κ1) is 19.9. The van der Waals surface area contributed by atoms with Crippen molar-refractivity contribution in [1.29, 1.82) is 0 Å². The van der Waals surface area contributed by atoms with E-state index in [1.165, 1.54) is 7.11 Å². The summed E-state index contributed by atoms with van der Waals surface area (Å²) in [6, 6.07) is 0. The van der Waals surface area contributed by atoms with Crippen LogP contribution in [0.15, 0.2) is 0 Å². The fraction of sp³-hybridized carbons (Fsp3) is 1.00. The van der Waals surface area contributed by atoms with Gasteiger partial charge in [-0.25, -0.2) is 0 Å². The quantitative estimate of drug-likeness (QED) is 0.240. The smallest absolute Gasteiger partial charge is 0.187 e. The van der Waals surface area contributed by atoms with Gasteiger partial charge in [-0.1, -0.05) is 0 Å². The second kappa shape index (κ2) is 7.85. The van der Waals surface area contributed by atoms with Crippen molar-refractivity contribution < 1.29 is 55.1 Å². The number of rotatable bonds is 4. The largest absolute Gasteiger partial charge is 0.394 e. The Kier molecular flexibility index (Phi) is 6.50. The molecule has 1 aliphatic carbocycles. The second-order valence-corrected chi connectivity index (χ2v) is 5.96. The molecule has 0 bridgehead atoms. The van der Waals surface area contributed by atoms with Gasteiger partial charge in [0.05, 0.1) is 6.61 Å². The summed E-state index contributed by atoms with van der Waals surface area (Å²) in [5.74, 6) is 0. The number of aliphatic hydroxyl groups is 8. The predicted octanol–water partition coefficient (Wildman–Crippen LogP) is -5.36. The van der Waals surface area contributed by atoms with Gasteiger partial charge in [-0.3, -0.25) is 0 Å². The van der Waals surface area contributed by atoms with Gasteiger partial charge in [0, 0.05) is 7.11 Å². The Morgan fingerprint density at radius 2 is 1.21 bits per heavy atom. The molecule has 2 fully saturated rings. The number of hydrogen-bond donors (Lipinski definition) is 8. The molecule has 142 valence electrons. The van der Waals surface area contributed by atoms with Gasteiger partial charge in [0.25, 0.3) is 0 Å². The summed E-state index contributed by atoms with van der Waals surface area (Å²) < 4.78 is 15.5. The van der Waals surface area contributed by atoms with E-state index in [9.17, 15) is 35.7 Å². The molecule has 24 heavy (non-hydrogen) atoms. The molecular formula is C13H24O11. The van der Waals surface area contributed by atoms with Crippen LogP contribution in [0, 0.1) is 0 Å². The minimum atomic E-state index is -1.75. The number of aliphatic hydroxyl groups excluding tert-OH is 8. The lowest BCUT2D eigenvalue weighted by Gasteiger charge is -2.46. The number of hydrogen-bond acceptors (Lipinski definition) is 11. The van der Waals surface area contributed by atoms with Crippen LogP contribution in [0.2, 0.25) is 0 Å². The van der Waals surface area contributed by atoms with Gasteiger partial charge in [-0.05, 0) is 0 Å². The normalized spacial score (nSPS) is 53.1. The van der Waals surface area contributed by atoms with Gasteiger partial charge < -0.3 is 55.1 Å². The van der Waals surface area contributed by atoms with Crippen molar-refractivity contribution in [2.45, 2.75) is 67.3 Å². The van der Waals surface area contributed by atoms with E-state index in [4.69, 9.17) is 19.3 Å². The third-order valence-corrected chi connectivity index (χ3v) is 4.46. The molecule has 11 atom stereocenters. The molecule has 0 aromatic rings. The second-order valence-electron chi connectivity index (χ2n) is 5.96. The van der Waals surface area contributed by atoms with Gasteiger partial charge in [0.15, 0.2) is 6.29 Å². The molecule has 1 aliphatic heterocycles. The van der Waals surface area contributed by atoms with E-state index >= 15 is 0 Å². The molecule has 2 aliphatic rings. The van der Waals surface area contributed by atoms with Crippen LogP contribution in [0.1, 0.15) is 0 Å². The maximum absolute atomic E-state index is 10.1. The minimum Gasteiger partial charge on any atom is -0.394 e. The zero-order valence-corrected chi connectivity index (χ0v) is 12.9. The molecule has 1 heterocycles. The first-order valence-corrected chi connectivity index (χ1v) is 7.45. The van der Waals surface area contributed by atoms with Gasteiger partial charge >= 0.3 is 0 Å². The Hall–Kier alpha value is -0.440. The lowest BCUT2D eigenvalue weighted by molar-refractivity contribution is -0.340. The Labute approximate surface area is 137 Å². The fourth-order valence-corrected chi connectivity index (χ4v) is 2.95. The Balaban J connectivity index is 2.17. The van der Waals surface area contributed by atoms with Crippen LogP contribution in [-0.2, 0) is 14.2 Å². The van der Waals surface area contributed by atoms with Crippen molar-refractivity contribution in [3.63, 3.8) is 0 Å². The van der Waals surface area contributed by atoms with E-state index in [-0.39, 0.29) is 0 Å². The Morgan fingerprint density at radius 1 is 0.708 bits per heavy atom. The highest BCUT2D eigenvalue weighted by Crippen LogP contribution is 2.30. The van der Waals surface area contributed by atoms with Gasteiger partial charge in [0.1, 0.15) is 61.0 Å². The summed E-state index contributed by atoms with van der Waals surface area (Å²) in [4.78, 5) is 0. The van der Waals surface area contributed by atoms with Crippen LogP contribution < -0.4 is 0 Å². The first-order valence-electron chi connectivity index (χ1n) is 7.45. The summed E-state index contributed by atoms with van der Waals surface area (Å²) in [5, 5.41) is 77.9. The first-order chi connectivity index (χ1) is 11.2. The number of methoxy groups -OCH3 is 1. The molecule has 0 aromatic heterocycles. The zero-order valence-electron chi connectivity index (χ0n) is 12.9. The molecule has 1 saturated carbocycles. The standard InChI is InChI=1S/C13H24O11/c1-22-11-8(19)6(17)7(18)9(20)12(11)24-13-10(21)5(16)4(15)3(2-14)23-13/h3-21H,2H2,1H3.